The summed E-state index contributed by atoms with van der Waals surface area (Å²) in [5.41, 5.74) is 1.96. The van der Waals surface area contributed by atoms with E-state index in [2.05, 4.69) is 26.0 Å². The SMILES string of the molecule is CC(C)c1cnn2c(Nc3cccc(F)c3)c(F)c(NC3CCNCC3)nc12. The molecule has 3 heterocycles. The molecule has 28 heavy (non-hydrogen) atoms. The van der Waals surface area contributed by atoms with Crippen molar-refractivity contribution in [3.05, 3.63) is 47.7 Å². The summed E-state index contributed by atoms with van der Waals surface area (Å²) in [5.74, 6) is -0.412. The molecule has 1 aliphatic rings. The Morgan fingerprint density at radius 2 is 2.00 bits per heavy atom. The van der Waals surface area contributed by atoms with Gasteiger partial charge in [-0.3, -0.25) is 0 Å². The minimum Gasteiger partial charge on any atom is -0.365 e. The van der Waals surface area contributed by atoms with Crippen LogP contribution in [0.25, 0.3) is 5.65 Å². The van der Waals surface area contributed by atoms with Crippen LogP contribution < -0.4 is 16.0 Å². The van der Waals surface area contributed by atoms with E-state index in [1.807, 2.05) is 13.8 Å². The van der Waals surface area contributed by atoms with Crippen LogP contribution in [0.15, 0.2) is 30.5 Å². The Balaban J connectivity index is 1.79. The average molecular weight is 386 g/mol. The van der Waals surface area contributed by atoms with Gasteiger partial charge in [0.15, 0.2) is 17.3 Å². The maximum absolute atomic E-state index is 15.4. The maximum atomic E-state index is 15.4. The highest BCUT2D eigenvalue weighted by Gasteiger charge is 2.22. The van der Waals surface area contributed by atoms with Crippen LogP contribution in [-0.2, 0) is 0 Å². The highest BCUT2D eigenvalue weighted by Crippen LogP contribution is 2.30. The number of hydrogen-bond acceptors (Lipinski definition) is 5. The lowest BCUT2D eigenvalue weighted by molar-refractivity contribution is 0.475. The number of benzene rings is 1. The topological polar surface area (TPSA) is 66.3 Å². The van der Waals surface area contributed by atoms with Gasteiger partial charge in [0.2, 0.25) is 5.82 Å². The molecule has 1 fully saturated rings. The first-order valence-electron chi connectivity index (χ1n) is 9.60. The fraction of sp³-hybridized carbons (Fsp3) is 0.400. The Hall–Kier alpha value is -2.74. The molecule has 0 amide bonds. The summed E-state index contributed by atoms with van der Waals surface area (Å²) in [5, 5.41) is 13.9. The van der Waals surface area contributed by atoms with Gasteiger partial charge in [-0.05, 0) is 50.0 Å². The molecule has 8 heteroatoms. The van der Waals surface area contributed by atoms with E-state index >= 15 is 4.39 Å². The van der Waals surface area contributed by atoms with Crippen molar-refractivity contribution in [3.63, 3.8) is 0 Å². The second kappa shape index (κ2) is 7.71. The van der Waals surface area contributed by atoms with Crippen LogP contribution in [0, 0.1) is 11.6 Å². The number of aromatic nitrogens is 3. The summed E-state index contributed by atoms with van der Waals surface area (Å²) in [6, 6.07) is 6.07. The minimum atomic E-state index is -0.534. The van der Waals surface area contributed by atoms with Gasteiger partial charge in [0.1, 0.15) is 5.82 Å². The lowest BCUT2D eigenvalue weighted by atomic mass is 10.1. The number of halogens is 2. The number of rotatable bonds is 5. The summed E-state index contributed by atoms with van der Waals surface area (Å²) in [6.45, 7) is 5.86. The van der Waals surface area contributed by atoms with Crippen molar-refractivity contribution in [2.24, 2.45) is 0 Å². The van der Waals surface area contributed by atoms with E-state index in [4.69, 9.17) is 0 Å². The van der Waals surface area contributed by atoms with Crippen LogP contribution in [0.3, 0.4) is 0 Å². The van der Waals surface area contributed by atoms with Gasteiger partial charge in [0, 0.05) is 17.3 Å². The zero-order valence-electron chi connectivity index (χ0n) is 16.0. The van der Waals surface area contributed by atoms with Crippen LogP contribution in [0.2, 0.25) is 0 Å². The predicted molar refractivity (Wildman–Crippen MR) is 106 cm³/mol. The highest BCUT2D eigenvalue weighted by atomic mass is 19.1. The normalized spacial score (nSPS) is 15.3. The lowest BCUT2D eigenvalue weighted by Crippen LogP contribution is -2.35. The highest BCUT2D eigenvalue weighted by molar-refractivity contribution is 5.67. The van der Waals surface area contributed by atoms with Crippen LogP contribution >= 0.6 is 0 Å². The van der Waals surface area contributed by atoms with Gasteiger partial charge in [-0.15, -0.1) is 0 Å². The van der Waals surface area contributed by atoms with Crippen molar-refractivity contribution < 1.29 is 8.78 Å². The van der Waals surface area contributed by atoms with E-state index in [9.17, 15) is 4.39 Å². The van der Waals surface area contributed by atoms with Crippen LogP contribution in [0.1, 0.15) is 38.2 Å². The number of nitrogens with zero attached hydrogens (tertiary/aromatic N) is 3. The molecule has 4 rings (SSSR count). The third-order valence-corrected chi connectivity index (χ3v) is 5.01. The van der Waals surface area contributed by atoms with Crippen LogP contribution in [0.4, 0.5) is 26.1 Å². The monoisotopic (exact) mass is 386 g/mol. The Morgan fingerprint density at radius 3 is 2.71 bits per heavy atom. The van der Waals surface area contributed by atoms with Gasteiger partial charge in [0.25, 0.3) is 0 Å². The molecule has 3 aromatic rings. The quantitative estimate of drug-likeness (QED) is 0.618. The van der Waals surface area contributed by atoms with Gasteiger partial charge >= 0.3 is 0 Å². The zero-order valence-corrected chi connectivity index (χ0v) is 16.0. The molecule has 3 N–H and O–H groups in total. The third-order valence-electron chi connectivity index (χ3n) is 5.01. The predicted octanol–water partition coefficient (Wildman–Crippen LogP) is 4.04. The smallest absolute Gasteiger partial charge is 0.208 e. The first-order valence-corrected chi connectivity index (χ1v) is 9.60. The van der Waals surface area contributed by atoms with Gasteiger partial charge in [-0.1, -0.05) is 19.9 Å². The first kappa shape index (κ1) is 18.6. The molecule has 1 aliphatic heterocycles. The zero-order chi connectivity index (χ0) is 19.7. The molecule has 0 unspecified atom stereocenters. The number of hydrogen-bond donors (Lipinski definition) is 3. The van der Waals surface area contributed by atoms with Gasteiger partial charge in [-0.25, -0.2) is 9.37 Å². The van der Waals surface area contributed by atoms with Gasteiger partial charge in [-0.2, -0.15) is 14.0 Å². The Bertz CT molecular complexity index is 978. The average Bonchev–Trinajstić information content (AvgIpc) is 3.10. The molecule has 0 aliphatic carbocycles. The largest absolute Gasteiger partial charge is 0.365 e. The number of nitrogens with one attached hydrogen (secondary N) is 3. The summed E-state index contributed by atoms with van der Waals surface area (Å²) in [4.78, 5) is 4.55. The fourth-order valence-electron chi connectivity index (χ4n) is 3.46. The minimum absolute atomic E-state index is 0.138. The third kappa shape index (κ3) is 3.64. The van der Waals surface area contributed by atoms with Crippen molar-refractivity contribution in [2.75, 3.05) is 23.7 Å². The fourth-order valence-corrected chi connectivity index (χ4v) is 3.46. The van der Waals surface area contributed by atoms with Gasteiger partial charge < -0.3 is 16.0 Å². The summed E-state index contributed by atoms with van der Waals surface area (Å²) in [7, 11) is 0. The van der Waals surface area contributed by atoms with Crippen molar-refractivity contribution in [1.29, 1.82) is 0 Å². The van der Waals surface area contributed by atoms with Crippen molar-refractivity contribution in [3.8, 4) is 0 Å². The van der Waals surface area contributed by atoms with Gasteiger partial charge in [0.05, 0.1) is 6.20 Å². The molecular formula is C20H24F2N6. The van der Waals surface area contributed by atoms with E-state index in [0.29, 0.717) is 11.3 Å². The standard InChI is InChI=1S/C20H24F2N6/c1-12(2)16-11-24-28-19(16)27-18(25-14-6-8-23-9-7-14)17(22)20(28)26-15-5-3-4-13(21)10-15/h3-5,10-12,14,23,26H,6-9H2,1-2H3,(H,25,27). The summed E-state index contributed by atoms with van der Waals surface area (Å²) < 4.78 is 30.4. The molecule has 0 bridgehead atoms. The lowest BCUT2D eigenvalue weighted by Gasteiger charge is -2.25. The first-order chi connectivity index (χ1) is 13.5. The van der Waals surface area contributed by atoms with Crippen molar-refractivity contribution >= 4 is 23.0 Å². The van der Waals surface area contributed by atoms with E-state index in [0.717, 1.165) is 31.5 Å². The molecule has 1 aromatic carbocycles. The molecule has 148 valence electrons. The van der Waals surface area contributed by atoms with Crippen LogP contribution in [-0.4, -0.2) is 33.7 Å². The number of anilines is 3. The molecule has 0 saturated carbocycles. The Morgan fingerprint density at radius 1 is 1.21 bits per heavy atom. The van der Waals surface area contributed by atoms with E-state index in [-0.39, 0.29) is 23.6 Å². The number of piperidine rings is 1. The molecule has 1 saturated heterocycles. The second-order valence-electron chi connectivity index (χ2n) is 7.42. The molecule has 0 spiro atoms. The molecule has 2 aromatic heterocycles. The molecular weight excluding hydrogens is 362 g/mol. The van der Waals surface area contributed by atoms with E-state index in [1.54, 1.807) is 18.3 Å². The summed E-state index contributed by atoms with van der Waals surface area (Å²) >= 11 is 0. The molecule has 0 radical (unpaired) electrons. The maximum Gasteiger partial charge on any atom is 0.208 e. The number of fused-ring (bicyclic) bond motifs is 1. The Labute approximate surface area is 162 Å². The summed E-state index contributed by atoms with van der Waals surface area (Å²) in [6.07, 6.45) is 3.50. The molecule has 6 nitrogen and oxygen atoms in total. The van der Waals surface area contributed by atoms with Crippen molar-refractivity contribution in [2.45, 2.75) is 38.6 Å². The van der Waals surface area contributed by atoms with E-state index in [1.165, 1.54) is 16.6 Å². The van der Waals surface area contributed by atoms with Crippen molar-refractivity contribution in [1.82, 2.24) is 19.9 Å². The van der Waals surface area contributed by atoms with E-state index < -0.39 is 11.6 Å². The second-order valence-corrected chi connectivity index (χ2v) is 7.42. The molecule has 0 atom stereocenters. The van der Waals surface area contributed by atoms with Crippen LogP contribution in [0.5, 0.6) is 0 Å². The Kier molecular flexibility index (Phi) is 5.13.